The Morgan fingerprint density at radius 2 is 1.44 bits per heavy atom. The van der Waals surface area contributed by atoms with E-state index in [2.05, 4.69) is 91.6 Å². The van der Waals surface area contributed by atoms with E-state index >= 15 is 0 Å². The molecule has 0 spiro atoms. The Kier molecular flexibility index (Phi) is 3.95. The van der Waals surface area contributed by atoms with Crippen molar-refractivity contribution in [2.75, 3.05) is 0 Å². The van der Waals surface area contributed by atoms with Crippen LogP contribution in [0.5, 0.6) is 0 Å². The summed E-state index contributed by atoms with van der Waals surface area (Å²) < 4.78 is 3.56. The lowest BCUT2D eigenvalue weighted by Crippen LogP contribution is -2.01. The van der Waals surface area contributed by atoms with Crippen LogP contribution < -0.4 is 0 Å². The summed E-state index contributed by atoms with van der Waals surface area (Å²) in [7, 11) is 0. The summed E-state index contributed by atoms with van der Waals surface area (Å²) in [4.78, 5) is 9.14. The summed E-state index contributed by atoms with van der Waals surface area (Å²) in [5.74, 6) is 0. The van der Waals surface area contributed by atoms with Crippen LogP contribution in [-0.2, 0) is 0 Å². The van der Waals surface area contributed by atoms with Gasteiger partial charge in [-0.2, -0.15) is 0 Å². The highest BCUT2D eigenvalue weighted by atomic mass is 127. The summed E-state index contributed by atoms with van der Waals surface area (Å²) in [6, 6.07) is 0. The number of aryl methyl sites for hydroxylation is 2. The van der Waals surface area contributed by atoms with E-state index in [4.69, 9.17) is 0 Å². The van der Waals surface area contributed by atoms with Crippen molar-refractivity contribution in [2.45, 2.75) is 20.8 Å². The van der Waals surface area contributed by atoms with Crippen LogP contribution in [0, 0.1) is 31.6 Å². The number of hydrogen-bond acceptors (Lipinski definition) is 2. The van der Waals surface area contributed by atoms with Gasteiger partial charge in [0.25, 0.3) is 0 Å². The van der Waals surface area contributed by atoms with Gasteiger partial charge in [-0.15, -0.1) is 0 Å². The molecule has 16 heavy (non-hydrogen) atoms. The van der Waals surface area contributed by atoms with Gasteiger partial charge in [0.2, 0.25) is 0 Å². The number of aromatic nitrogens is 2. The van der Waals surface area contributed by atoms with Gasteiger partial charge in [-0.3, -0.25) is 0 Å². The van der Waals surface area contributed by atoms with Gasteiger partial charge in [-0.05, 0) is 99.7 Å². The highest BCUT2D eigenvalue weighted by molar-refractivity contribution is 14.1. The maximum absolute atomic E-state index is 4.57. The molecule has 0 N–H and O–H groups in total. The van der Waals surface area contributed by atoms with Gasteiger partial charge in [0.1, 0.15) is 3.70 Å². The Morgan fingerprint density at radius 3 is 2.06 bits per heavy atom. The van der Waals surface area contributed by atoms with Gasteiger partial charge in [0.15, 0.2) is 5.65 Å². The molecule has 0 unspecified atom stereocenters. The van der Waals surface area contributed by atoms with Gasteiger partial charge in [-0.1, -0.05) is 0 Å². The van der Waals surface area contributed by atoms with E-state index in [1.165, 1.54) is 23.7 Å². The lowest BCUT2D eigenvalue weighted by atomic mass is 10.1. The summed E-state index contributed by atoms with van der Waals surface area (Å²) in [6.45, 7) is 6.30. The molecule has 0 saturated carbocycles. The maximum Gasteiger partial charge on any atom is 0.161 e. The first-order valence-corrected chi connectivity index (χ1v) is 7.95. The number of halogens is 3. The predicted octanol–water partition coefficient (Wildman–Crippen LogP) is 4.37. The fraction of sp³-hybridized carbons (Fsp3) is 0.273. The lowest BCUT2D eigenvalue weighted by Gasteiger charge is -2.11. The molecular formula is C11H9I3N2. The molecule has 2 nitrogen and oxygen atoms in total. The molecule has 0 saturated heterocycles. The molecule has 0 bridgehead atoms. The smallest absolute Gasteiger partial charge is 0.161 e. The van der Waals surface area contributed by atoms with Crippen molar-refractivity contribution in [2.24, 2.45) is 0 Å². The van der Waals surface area contributed by atoms with Crippen LogP contribution in [0.1, 0.15) is 16.8 Å². The van der Waals surface area contributed by atoms with E-state index in [1.807, 2.05) is 6.92 Å². The third-order valence-electron chi connectivity index (χ3n) is 2.58. The summed E-state index contributed by atoms with van der Waals surface area (Å²) in [5, 5.41) is 1.20. The topological polar surface area (TPSA) is 25.8 Å². The molecule has 2 aromatic heterocycles. The van der Waals surface area contributed by atoms with Crippen molar-refractivity contribution in [3.05, 3.63) is 27.7 Å². The lowest BCUT2D eigenvalue weighted by molar-refractivity contribution is 1.13. The van der Waals surface area contributed by atoms with Crippen LogP contribution in [0.25, 0.3) is 11.0 Å². The van der Waals surface area contributed by atoms with Crippen LogP contribution >= 0.6 is 67.8 Å². The average molecular weight is 550 g/mol. The second-order valence-electron chi connectivity index (χ2n) is 3.68. The first kappa shape index (κ1) is 13.2. The van der Waals surface area contributed by atoms with Gasteiger partial charge >= 0.3 is 0 Å². The molecule has 0 aliphatic heterocycles. The third-order valence-corrected chi connectivity index (χ3v) is 6.57. The van der Waals surface area contributed by atoms with Crippen molar-refractivity contribution < 1.29 is 0 Å². The zero-order valence-electron chi connectivity index (χ0n) is 9.03. The monoisotopic (exact) mass is 550 g/mol. The van der Waals surface area contributed by atoms with Crippen molar-refractivity contribution in [1.29, 1.82) is 0 Å². The molecule has 2 rings (SSSR count). The number of fused-ring (bicyclic) bond motifs is 1. The van der Waals surface area contributed by atoms with E-state index in [0.717, 1.165) is 15.0 Å². The molecular weight excluding hydrogens is 541 g/mol. The Balaban J connectivity index is 3.03. The molecule has 0 aliphatic carbocycles. The minimum atomic E-state index is 0.870. The molecule has 0 amide bonds. The quantitative estimate of drug-likeness (QED) is 0.360. The molecule has 2 heterocycles. The summed E-state index contributed by atoms with van der Waals surface area (Å²) in [6.07, 6.45) is 0. The summed E-state index contributed by atoms with van der Waals surface area (Å²) in [5.41, 5.74) is 4.47. The van der Waals surface area contributed by atoms with Crippen LogP contribution in [-0.4, -0.2) is 9.97 Å². The minimum absolute atomic E-state index is 0.870. The number of hydrogen-bond donors (Lipinski definition) is 0. The molecule has 0 aromatic carbocycles. The fourth-order valence-electron chi connectivity index (χ4n) is 1.61. The average Bonchev–Trinajstić information content (AvgIpc) is 2.23. The van der Waals surface area contributed by atoms with E-state index in [-0.39, 0.29) is 0 Å². The third kappa shape index (κ3) is 2.06. The van der Waals surface area contributed by atoms with Crippen molar-refractivity contribution in [3.63, 3.8) is 0 Å². The Labute approximate surface area is 135 Å². The largest absolute Gasteiger partial charge is 0.232 e. The van der Waals surface area contributed by atoms with Crippen molar-refractivity contribution in [3.8, 4) is 0 Å². The van der Waals surface area contributed by atoms with E-state index in [9.17, 15) is 0 Å². The molecule has 5 heteroatoms. The normalized spacial score (nSPS) is 11.1. The first-order valence-electron chi connectivity index (χ1n) is 4.71. The summed E-state index contributed by atoms with van der Waals surface area (Å²) >= 11 is 7.03. The number of pyridine rings is 2. The Bertz CT molecular complexity index is 545. The van der Waals surface area contributed by atoms with Gasteiger partial charge in [-0.25, -0.2) is 9.97 Å². The predicted molar refractivity (Wildman–Crippen MR) is 91.9 cm³/mol. The SMILES string of the molecule is Cc1nc2nc(I)c(C)c(I)c2c(C)c1I. The van der Waals surface area contributed by atoms with Gasteiger partial charge in [0, 0.05) is 12.5 Å². The highest BCUT2D eigenvalue weighted by Crippen LogP contribution is 2.30. The number of nitrogens with zero attached hydrogens (tertiary/aromatic N) is 2. The molecule has 0 atom stereocenters. The van der Waals surface area contributed by atoms with Crippen molar-refractivity contribution >= 4 is 78.8 Å². The zero-order chi connectivity index (χ0) is 12.0. The van der Waals surface area contributed by atoms with Crippen LogP contribution in [0.4, 0.5) is 0 Å². The zero-order valence-corrected chi connectivity index (χ0v) is 15.5. The van der Waals surface area contributed by atoms with E-state index < -0.39 is 0 Å². The van der Waals surface area contributed by atoms with Crippen molar-refractivity contribution in [1.82, 2.24) is 9.97 Å². The van der Waals surface area contributed by atoms with Gasteiger partial charge in [0.05, 0.1) is 5.69 Å². The van der Waals surface area contributed by atoms with Crippen LogP contribution in [0.2, 0.25) is 0 Å². The van der Waals surface area contributed by atoms with E-state index in [0.29, 0.717) is 0 Å². The molecule has 84 valence electrons. The van der Waals surface area contributed by atoms with Gasteiger partial charge < -0.3 is 0 Å². The Hall–Kier alpha value is 0.750. The molecule has 0 radical (unpaired) electrons. The maximum atomic E-state index is 4.57. The molecule has 2 aromatic rings. The number of rotatable bonds is 0. The van der Waals surface area contributed by atoms with Crippen LogP contribution in [0.3, 0.4) is 0 Å². The highest BCUT2D eigenvalue weighted by Gasteiger charge is 2.14. The van der Waals surface area contributed by atoms with E-state index in [1.54, 1.807) is 0 Å². The second kappa shape index (κ2) is 4.79. The molecule has 0 fully saturated rings. The standard InChI is InChI=1S/C11H9I3N2/c1-4-7-9(13)5(2)10(14)16-11(7)15-6(3)8(4)12/h1-3H3. The first-order chi connectivity index (χ1) is 7.43. The molecule has 0 aliphatic rings. The minimum Gasteiger partial charge on any atom is -0.232 e. The second-order valence-corrected chi connectivity index (χ2v) is 6.86. The fourth-order valence-corrected chi connectivity index (χ4v) is 3.92. The Morgan fingerprint density at radius 1 is 0.812 bits per heavy atom. The van der Waals surface area contributed by atoms with Crippen LogP contribution in [0.15, 0.2) is 0 Å².